The van der Waals surface area contributed by atoms with Crippen LogP contribution in [-0.4, -0.2) is 28.3 Å². The van der Waals surface area contributed by atoms with Gasteiger partial charge in [0.1, 0.15) is 0 Å². The second kappa shape index (κ2) is 5.41. The van der Waals surface area contributed by atoms with E-state index in [2.05, 4.69) is 5.32 Å². The van der Waals surface area contributed by atoms with Crippen molar-refractivity contribution in [3.8, 4) is 0 Å². The van der Waals surface area contributed by atoms with Crippen LogP contribution in [0.15, 0.2) is 6.07 Å². The summed E-state index contributed by atoms with van der Waals surface area (Å²) in [6, 6.07) is 1.98. The van der Waals surface area contributed by atoms with Gasteiger partial charge in [0, 0.05) is 10.6 Å². The summed E-state index contributed by atoms with van der Waals surface area (Å²) >= 11 is 3.46. The van der Waals surface area contributed by atoms with Gasteiger partial charge in [0.2, 0.25) is 0 Å². The molecular formula is C14H17NO3S2. The van der Waals surface area contributed by atoms with Gasteiger partial charge in [-0.1, -0.05) is 0 Å². The molecule has 1 saturated carbocycles. The van der Waals surface area contributed by atoms with Gasteiger partial charge in [0.15, 0.2) is 0 Å². The van der Waals surface area contributed by atoms with Gasteiger partial charge >= 0.3 is 5.97 Å². The van der Waals surface area contributed by atoms with Gasteiger partial charge in [-0.15, -0.1) is 11.3 Å². The van der Waals surface area contributed by atoms with Gasteiger partial charge in [-0.2, -0.15) is 11.8 Å². The van der Waals surface area contributed by atoms with E-state index >= 15 is 0 Å². The van der Waals surface area contributed by atoms with E-state index in [9.17, 15) is 9.59 Å². The third kappa shape index (κ3) is 2.72. The van der Waals surface area contributed by atoms with Crippen LogP contribution >= 0.6 is 23.1 Å². The van der Waals surface area contributed by atoms with Crippen LogP contribution in [0.4, 0.5) is 0 Å². The molecule has 3 rings (SSSR count). The summed E-state index contributed by atoms with van der Waals surface area (Å²) in [6.45, 7) is 0. The van der Waals surface area contributed by atoms with Gasteiger partial charge in [-0.25, -0.2) is 0 Å². The summed E-state index contributed by atoms with van der Waals surface area (Å²) < 4.78 is 0. The Balaban J connectivity index is 1.72. The number of thiophene rings is 1. The Morgan fingerprint density at radius 2 is 2.20 bits per heavy atom. The number of hydrogen-bond acceptors (Lipinski definition) is 4. The maximum atomic E-state index is 12.4. The molecule has 0 unspecified atom stereocenters. The molecule has 0 bridgehead atoms. The number of carboxylic acid groups (broad SMARTS) is 1. The maximum Gasteiger partial charge on any atom is 0.305 e. The molecule has 20 heavy (non-hydrogen) atoms. The molecule has 108 valence electrons. The third-order valence-electron chi connectivity index (χ3n) is 4.03. The highest BCUT2D eigenvalue weighted by atomic mass is 32.2. The Morgan fingerprint density at radius 3 is 2.80 bits per heavy atom. The lowest BCUT2D eigenvalue weighted by molar-refractivity contribution is -0.139. The predicted molar refractivity (Wildman–Crippen MR) is 80.5 cm³/mol. The van der Waals surface area contributed by atoms with Crippen LogP contribution in [0.25, 0.3) is 0 Å². The van der Waals surface area contributed by atoms with E-state index in [-0.39, 0.29) is 12.3 Å². The second-order valence-corrected chi connectivity index (χ2v) is 7.76. The van der Waals surface area contributed by atoms with Crippen LogP contribution < -0.4 is 5.32 Å². The Hall–Kier alpha value is -1.01. The maximum absolute atomic E-state index is 12.4. The third-order valence-corrected chi connectivity index (χ3v) is 6.27. The molecule has 6 heteroatoms. The zero-order valence-corrected chi connectivity index (χ0v) is 12.7. The van der Waals surface area contributed by atoms with Crippen molar-refractivity contribution in [2.75, 3.05) is 5.75 Å². The van der Waals surface area contributed by atoms with Crippen LogP contribution in [0, 0.1) is 0 Å². The second-order valence-electron chi connectivity index (χ2n) is 5.52. The first-order valence-electron chi connectivity index (χ1n) is 6.82. The highest BCUT2D eigenvalue weighted by Crippen LogP contribution is 2.36. The van der Waals surface area contributed by atoms with Crippen LogP contribution in [-0.2, 0) is 17.0 Å². The van der Waals surface area contributed by atoms with E-state index in [1.165, 1.54) is 10.4 Å². The summed E-state index contributed by atoms with van der Waals surface area (Å²) in [4.78, 5) is 25.3. The minimum Gasteiger partial charge on any atom is -0.481 e. The minimum absolute atomic E-state index is 0.0275. The van der Waals surface area contributed by atoms with Crippen molar-refractivity contribution in [1.29, 1.82) is 0 Å². The van der Waals surface area contributed by atoms with Crippen LogP contribution in [0.5, 0.6) is 0 Å². The first-order valence-corrected chi connectivity index (χ1v) is 8.79. The fourth-order valence-electron chi connectivity index (χ4n) is 2.80. The van der Waals surface area contributed by atoms with Crippen molar-refractivity contribution in [2.45, 2.75) is 43.4 Å². The SMILES string of the molecule is O=C(O)CC1(NC(=O)c2cc3c(s2)CCSC3)CCC1. The van der Waals surface area contributed by atoms with Gasteiger partial charge in [-0.05, 0) is 43.1 Å². The van der Waals surface area contributed by atoms with E-state index in [4.69, 9.17) is 5.11 Å². The number of aliphatic carboxylic acids is 1. The molecule has 2 heterocycles. The van der Waals surface area contributed by atoms with E-state index in [0.29, 0.717) is 0 Å². The Labute approximate surface area is 125 Å². The number of nitrogens with one attached hydrogen (secondary N) is 1. The van der Waals surface area contributed by atoms with Crippen molar-refractivity contribution in [3.05, 3.63) is 21.4 Å². The minimum atomic E-state index is -0.841. The lowest BCUT2D eigenvalue weighted by Gasteiger charge is -2.41. The molecule has 1 aliphatic heterocycles. The summed E-state index contributed by atoms with van der Waals surface area (Å²) in [5.74, 6) is 1.17. The zero-order chi connectivity index (χ0) is 14.2. The number of carboxylic acids is 1. The molecule has 1 aliphatic carbocycles. The molecule has 0 spiro atoms. The molecule has 0 atom stereocenters. The van der Waals surface area contributed by atoms with Gasteiger partial charge in [-0.3, -0.25) is 9.59 Å². The van der Waals surface area contributed by atoms with E-state index in [0.717, 1.165) is 42.1 Å². The molecule has 0 saturated heterocycles. The fraction of sp³-hybridized carbons (Fsp3) is 0.571. The number of hydrogen-bond donors (Lipinski definition) is 2. The molecule has 0 radical (unpaired) electrons. The average molecular weight is 311 g/mol. The molecule has 4 nitrogen and oxygen atoms in total. The van der Waals surface area contributed by atoms with Gasteiger partial charge < -0.3 is 10.4 Å². The highest BCUT2D eigenvalue weighted by molar-refractivity contribution is 7.98. The average Bonchev–Trinajstić information content (AvgIpc) is 2.79. The largest absolute Gasteiger partial charge is 0.481 e. The quantitative estimate of drug-likeness (QED) is 0.897. The highest BCUT2D eigenvalue weighted by Gasteiger charge is 2.40. The first kappa shape index (κ1) is 13.9. The van der Waals surface area contributed by atoms with Gasteiger partial charge in [0.25, 0.3) is 5.91 Å². The zero-order valence-electron chi connectivity index (χ0n) is 11.1. The first-order chi connectivity index (χ1) is 9.58. The lowest BCUT2D eigenvalue weighted by Crippen LogP contribution is -2.54. The molecule has 1 aromatic heterocycles. The van der Waals surface area contributed by atoms with Gasteiger partial charge in [0.05, 0.1) is 16.8 Å². The Kier molecular flexibility index (Phi) is 3.77. The number of rotatable bonds is 4. The summed E-state index contributed by atoms with van der Waals surface area (Å²) in [5, 5.41) is 11.9. The predicted octanol–water partition coefficient (Wildman–Crippen LogP) is 2.66. The molecule has 1 amide bonds. The smallest absolute Gasteiger partial charge is 0.305 e. The number of fused-ring (bicyclic) bond motifs is 1. The van der Waals surface area contributed by atoms with Crippen LogP contribution in [0.2, 0.25) is 0 Å². The monoisotopic (exact) mass is 311 g/mol. The normalized spacial score (nSPS) is 19.8. The number of carbonyl (C=O) groups excluding carboxylic acids is 1. The molecule has 0 aromatic carbocycles. The number of carbonyl (C=O) groups is 2. The van der Waals surface area contributed by atoms with Crippen molar-refractivity contribution in [2.24, 2.45) is 0 Å². The summed E-state index contributed by atoms with van der Waals surface area (Å²) in [7, 11) is 0. The standard InChI is InChI=1S/C14H17NO3S2/c16-12(17)7-14(3-1-4-14)15-13(18)11-6-9-8-19-5-2-10(9)20-11/h6H,1-5,7-8H2,(H,15,18)(H,16,17). The topological polar surface area (TPSA) is 66.4 Å². The molecule has 2 aliphatic rings. The van der Waals surface area contributed by atoms with Crippen LogP contribution in [0.1, 0.15) is 45.8 Å². The fourth-order valence-corrected chi connectivity index (χ4v) is 5.07. The summed E-state index contributed by atoms with van der Waals surface area (Å²) in [6.07, 6.45) is 3.60. The van der Waals surface area contributed by atoms with E-state index in [1.54, 1.807) is 11.3 Å². The molecule has 1 fully saturated rings. The number of thioether (sulfide) groups is 1. The molecule has 1 aromatic rings. The number of aryl methyl sites for hydroxylation is 1. The summed E-state index contributed by atoms with van der Waals surface area (Å²) in [5.41, 5.74) is 0.764. The van der Waals surface area contributed by atoms with Crippen molar-refractivity contribution in [1.82, 2.24) is 5.32 Å². The van der Waals surface area contributed by atoms with Crippen LogP contribution in [0.3, 0.4) is 0 Å². The Morgan fingerprint density at radius 1 is 1.40 bits per heavy atom. The van der Waals surface area contributed by atoms with E-state index in [1.807, 2.05) is 17.8 Å². The van der Waals surface area contributed by atoms with Crippen molar-refractivity contribution in [3.63, 3.8) is 0 Å². The molecule has 2 N–H and O–H groups in total. The van der Waals surface area contributed by atoms with Crippen molar-refractivity contribution < 1.29 is 14.7 Å². The number of amides is 1. The van der Waals surface area contributed by atoms with E-state index < -0.39 is 11.5 Å². The Bertz CT molecular complexity index is 525. The lowest BCUT2D eigenvalue weighted by atomic mass is 9.74. The molecular weight excluding hydrogens is 294 g/mol. The van der Waals surface area contributed by atoms with Crippen molar-refractivity contribution >= 4 is 35.0 Å².